The summed E-state index contributed by atoms with van der Waals surface area (Å²) in [6, 6.07) is 0. The standard InChI is InChI=1S/C12H25/c1-8(2)11(7)12(9(3)4)10(5)6/h8-10,12H,1-7H3. The van der Waals surface area contributed by atoms with E-state index in [-0.39, 0.29) is 0 Å². The van der Waals surface area contributed by atoms with Gasteiger partial charge in [-0.2, -0.15) is 0 Å². The van der Waals surface area contributed by atoms with Crippen LogP contribution in [0, 0.1) is 29.6 Å². The summed E-state index contributed by atoms with van der Waals surface area (Å²) in [7, 11) is 0. The molecule has 0 aromatic rings. The Bertz CT molecular complexity index is 103. The first-order valence-electron chi connectivity index (χ1n) is 5.21. The van der Waals surface area contributed by atoms with E-state index in [0.717, 1.165) is 23.7 Å². The zero-order chi connectivity index (χ0) is 9.89. The summed E-state index contributed by atoms with van der Waals surface area (Å²) in [6.07, 6.45) is 0. The van der Waals surface area contributed by atoms with Crippen LogP contribution in [0.15, 0.2) is 0 Å². The second-order valence-corrected chi connectivity index (χ2v) is 4.91. The van der Waals surface area contributed by atoms with Gasteiger partial charge < -0.3 is 0 Å². The Kier molecular flexibility index (Phi) is 4.89. The average Bonchev–Trinajstić information content (AvgIpc) is 1.85. The topological polar surface area (TPSA) is 0 Å². The molecule has 0 N–H and O–H groups in total. The van der Waals surface area contributed by atoms with Gasteiger partial charge in [-0.05, 0) is 29.6 Å². The van der Waals surface area contributed by atoms with Crippen LogP contribution in [0.5, 0.6) is 0 Å². The van der Waals surface area contributed by atoms with Crippen LogP contribution in [0.3, 0.4) is 0 Å². The van der Waals surface area contributed by atoms with Crippen LogP contribution in [-0.2, 0) is 0 Å². The minimum Gasteiger partial charge on any atom is -0.0625 e. The molecule has 0 saturated carbocycles. The van der Waals surface area contributed by atoms with Gasteiger partial charge in [-0.15, -0.1) is 0 Å². The monoisotopic (exact) mass is 169 g/mol. The van der Waals surface area contributed by atoms with E-state index in [9.17, 15) is 0 Å². The average molecular weight is 169 g/mol. The highest BCUT2D eigenvalue weighted by atomic mass is 14.3. The molecule has 0 heteroatoms. The third-order valence-corrected chi connectivity index (χ3v) is 2.87. The summed E-state index contributed by atoms with van der Waals surface area (Å²) in [6.45, 7) is 16.2. The van der Waals surface area contributed by atoms with Crippen molar-refractivity contribution in [3.63, 3.8) is 0 Å². The fourth-order valence-corrected chi connectivity index (χ4v) is 2.21. The highest BCUT2D eigenvalue weighted by Gasteiger charge is 2.26. The van der Waals surface area contributed by atoms with Crippen molar-refractivity contribution in [1.29, 1.82) is 0 Å². The number of hydrogen-bond acceptors (Lipinski definition) is 0. The predicted molar refractivity (Wildman–Crippen MR) is 56.9 cm³/mol. The molecule has 0 rings (SSSR count). The zero-order valence-electron chi connectivity index (χ0n) is 9.81. The van der Waals surface area contributed by atoms with E-state index >= 15 is 0 Å². The molecule has 0 unspecified atom stereocenters. The maximum atomic E-state index is 2.33. The van der Waals surface area contributed by atoms with Crippen LogP contribution in [0.1, 0.15) is 48.5 Å². The van der Waals surface area contributed by atoms with Crippen molar-refractivity contribution in [2.45, 2.75) is 48.5 Å². The summed E-state index contributed by atoms with van der Waals surface area (Å²) in [5, 5.41) is 0. The smallest absolute Gasteiger partial charge is 0.0210 e. The first-order chi connectivity index (χ1) is 5.37. The van der Waals surface area contributed by atoms with E-state index < -0.39 is 0 Å². The summed E-state index contributed by atoms with van der Waals surface area (Å²) in [5.41, 5.74) is 0. The summed E-state index contributed by atoms with van der Waals surface area (Å²) < 4.78 is 0. The molecule has 1 radical (unpaired) electrons. The maximum Gasteiger partial charge on any atom is -0.0210 e. The zero-order valence-corrected chi connectivity index (χ0v) is 9.81. The van der Waals surface area contributed by atoms with Crippen LogP contribution < -0.4 is 0 Å². The van der Waals surface area contributed by atoms with Gasteiger partial charge in [0.1, 0.15) is 0 Å². The largest absolute Gasteiger partial charge is 0.0625 e. The lowest BCUT2D eigenvalue weighted by molar-refractivity contribution is 0.274. The molecular weight excluding hydrogens is 144 g/mol. The molecule has 0 heterocycles. The van der Waals surface area contributed by atoms with E-state index in [1.807, 2.05) is 0 Å². The van der Waals surface area contributed by atoms with E-state index in [1.165, 1.54) is 0 Å². The van der Waals surface area contributed by atoms with Gasteiger partial charge in [-0.3, -0.25) is 0 Å². The van der Waals surface area contributed by atoms with Gasteiger partial charge in [0.2, 0.25) is 0 Å². The number of hydrogen-bond donors (Lipinski definition) is 0. The lowest BCUT2D eigenvalue weighted by Gasteiger charge is -2.33. The van der Waals surface area contributed by atoms with Crippen LogP contribution in [-0.4, -0.2) is 0 Å². The molecule has 0 fully saturated rings. The lowest BCUT2D eigenvalue weighted by atomic mass is 9.72. The van der Waals surface area contributed by atoms with Gasteiger partial charge in [-0.25, -0.2) is 0 Å². The predicted octanol–water partition coefficient (Wildman–Crippen LogP) is 4.16. The van der Waals surface area contributed by atoms with E-state index in [2.05, 4.69) is 48.5 Å². The molecule has 0 atom stereocenters. The molecule has 0 aliphatic rings. The molecule has 0 bridgehead atoms. The first-order valence-corrected chi connectivity index (χ1v) is 5.21. The minimum absolute atomic E-state index is 0.736. The summed E-state index contributed by atoms with van der Waals surface area (Å²) in [4.78, 5) is 0. The molecule has 0 aromatic heterocycles. The Balaban J connectivity index is 4.30. The van der Waals surface area contributed by atoms with Crippen molar-refractivity contribution in [1.82, 2.24) is 0 Å². The first kappa shape index (κ1) is 12.0. The SMILES string of the molecule is C[C](C(C)C)C(C(C)C)C(C)C. The molecule has 73 valence electrons. The van der Waals surface area contributed by atoms with Gasteiger partial charge in [-0.1, -0.05) is 48.5 Å². The fraction of sp³-hybridized carbons (Fsp3) is 0.917. The van der Waals surface area contributed by atoms with E-state index in [1.54, 1.807) is 5.92 Å². The quantitative estimate of drug-likeness (QED) is 0.592. The molecular formula is C12H25. The van der Waals surface area contributed by atoms with Crippen LogP contribution in [0.4, 0.5) is 0 Å². The van der Waals surface area contributed by atoms with Crippen LogP contribution in [0.2, 0.25) is 0 Å². The van der Waals surface area contributed by atoms with Crippen molar-refractivity contribution in [3.05, 3.63) is 5.92 Å². The third-order valence-electron chi connectivity index (χ3n) is 2.87. The number of rotatable bonds is 4. The van der Waals surface area contributed by atoms with Crippen molar-refractivity contribution in [2.24, 2.45) is 23.7 Å². The van der Waals surface area contributed by atoms with Gasteiger partial charge in [0.25, 0.3) is 0 Å². The molecule has 0 nitrogen and oxygen atoms in total. The van der Waals surface area contributed by atoms with Crippen LogP contribution >= 0.6 is 0 Å². The molecule has 0 saturated heterocycles. The molecule has 0 amide bonds. The van der Waals surface area contributed by atoms with Crippen molar-refractivity contribution in [3.8, 4) is 0 Å². The molecule has 12 heavy (non-hydrogen) atoms. The highest BCUT2D eigenvalue weighted by molar-refractivity contribution is 4.97. The Hall–Kier alpha value is 0. The van der Waals surface area contributed by atoms with E-state index in [0.29, 0.717) is 0 Å². The van der Waals surface area contributed by atoms with E-state index in [4.69, 9.17) is 0 Å². The van der Waals surface area contributed by atoms with Gasteiger partial charge in [0.05, 0.1) is 0 Å². The summed E-state index contributed by atoms with van der Waals surface area (Å²) in [5.74, 6) is 4.77. The minimum atomic E-state index is 0.736. The normalized spacial score (nSPS) is 13.0. The Labute approximate surface area is 78.8 Å². The highest BCUT2D eigenvalue weighted by Crippen LogP contribution is 2.34. The molecule has 0 aliphatic heterocycles. The van der Waals surface area contributed by atoms with Crippen molar-refractivity contribution in [2.75, 3.05) is 0 Å². The lowest BCUT2D eigenvalue weighted by Crippen LogP contribution is -2.25. The summed E-state index contributed by atoms with van der Waals surface area (Å²) >= 11 is 0. The Morgan fingerprint density at radius 3 is 1.17 bits per heavy atom. The van der Waals surface area contributed by atoms with Gasteiger partial charge in [0, 0.05) is 0 Å². The van der Waals surface area contributed by atoms with Crippen molar-refractivity contribution >= 4 is 0 Å². The van der Waals surface area contributed by atoms with Crippen LogP contribution in [0.25, 0.3) is 0 Å². The molecule has 0 aliphatic carbocycles. The Morgan fingerprint density at radius 2 is 1.08 bits per heavy atom. The molecule has 0 aromatic carbocycles. The van der Waals surface area contributed by atoms with Crippen molar-refractivity contribution < 1.29 is 0 Å². The van der Waals surface area contributed by atoms with Gasteiger partial charge in [0.15, 0.2) is 0 Å². The Morgan fingerprint density at radius 1 is 0.750 bits per heavy atom. The maximum absolute atomic E-state index is 2.33. The third kappa shape index (κ3) is 3.16. The molecule has 0 spiro atoms. The fourth-order valence-electron chi connectivity index (χ4n) is 2.21. The second-order valence-electron chi connectivity index (χ2n) is 4.91. The second kappa shape index (κ2) is 4.89. The van der Waals surface area contributed by atoms with Gasteiger partial charge >= 0.3 is 0 Å².